The van der Waals surface area contributed by atoms with Gasteiger partial charge < -0.3 is 20.2 Å². The third kappa shape index (κ3) is 5.19. The second-order valence-electron chi connectivity index (χ2n) is 6.39. The molecule has 6 heteroatoms. The second-order valence-corrected chi connectivity index (χ2v) is 6.39. The minimum atomic E-state index is -0.882. The standard InChI is InChI=1S/C15H27N3O3/c1-12(10-14(19)20)16-15(21)18-8-4-13(5-9-18)11-17-6-2-3-7-17/h12-13H,2-11H2,1H3,(H,16,21)(H,19,20). The van der Waals surface area contributed by atoms with E-state index in [1.165, 1.54) is 32.5 Å². The fraction of sp³-hybridized carbons (Fsp3) is 0.867. The highest BCUT2D eigenvalue weighted by atomic mass is 16.4. The molecule has 2 rings (SSSR count). The van der Waals surface area contributed by atoms with E-state index in [1.54, 1.807) is 6.92 Å². The molecule has 0 bridgehead atoms. The van der Waals surface area contributed by atoms with Crippen LogP contribution in [-0.4, -0.2) is 65.7 Å². The highest BCUT2D eigenvalue weighted by Gasteiger charge is 2.25. The number of carbonyl (C=O) groups excluding carboxylic acids is 1. The molecule has 2 saturated heterocycles. The predicted octanol–water partition coefficient (Wildman–Crippen LogP) is 1.37. The summed E-state index contributed by atoms with van der Waals surface area (Å²) in [5.41, 5.74) is 0. The Bertz CT molecular complexity index is 361. The molecule has 2 amide bonds. The number of piperidine rings is 1. The van der Waals surface area contributed by atoms with E-state index in [1.807, 2.05) is 4.90 Å². The molecule has 0 aromatic carbocycles. The van der Waals surface area contributed by atoms with E-state index in [4.69, 9.17) is 5.11 Å². The number of amides is 2. The van der Waals surface area contributed by atoms with Crippen LogP contribution in [0.15, 0.2) is 0 Å². The van der Waals surface area contributed by atoms with Crippen LogP contribution in [0.5, 0.6) is 0 Å². The molecule has 0 spiro atoms. The normalized spacial score (nSPS) is 22.2. The van der Waals surface area contributed by atoms with Crippen molar-refractivity contribution in [2.45, 2.75) is 45.1 Å². The lowest BCUT2D eigenvalue weighted by molar-refractivity contribution is -0.137. The Morgan fingerprint density at radius 3 is 2.38 bits per heavy atom. The van der Waals surface area contributed by atoms with E-state index < -0.39 is 5.97 Å². The van der Waals surface area contributed by atoms with Crippen molar-refractivity contribution < 1.29 is 14.7 Å². The average Bonchev–Trinajstić information content (AvgIpc) is 2.91. The third-order valence-electron chi connectivity index (χ3n) is 4.47. The van der Waals surface area contributed by atoms with E-state index in [-0.39, 0.29) is 18.5 Å². The first-order chi connectivity index (χ1) is 10.0. The maximum atomic E-state index is 12.1. The molecule has 2 fully saturated rings. The minimum absolute atomic E-state index is 0.0306. The van der Waals surface area contributed by atoms with Gasteiger partial charge in [0.25, 0.3) is 0 Å². The number of carboxylic acid groups (broad SMARTS) is 1. The van der Waals surface area contributed by atoms with Crippen molar-refractivity contribution in [1.82, 2.24) is 15.1 Å². The van der Waals surface area contributed by atoms with E-state index >= 15 is 0 Å². The number of urea groups is 1. The van der Waals surface area contributed by atoms with Gasteiger partial charge in [-0.1, -0.05) is 0 Å². The number of hydrogen-bond donors (Lipinski definition) is 2. The summed E-state index contributed by atoms with van der Waals surface area (Å²) in [6, 6.07) is -0.444. The predicted molar refractivity (Wildman–Crippen MR) is 80.2 cm³/mol. The van der Waals surface area contributed by atoms with E-state index in [9.17, 15) is 9.59 Å². The summed E-state index contributed by atoms with van der Waals surface area (Å²) >= 11 is 0. The zero-order chi connectivity index (χ0) is 15.2. The van der Waals surface area contributed by atoms with Crippen LogP contribution in [0.1, 0.15) is 39.0 Å². The number of nitrogens with one attached hydrogen (secondary N) is 1. The average molecular weight is 297 g/mol. The Labute approximate surface area is 126 Å². The number of nitrogens with zero attached hydrogens (tertiary/aromatic N) is 2. The second kappa shape index (κ2) is 7.64. The van der Waals surface area contributed by atoms with Crippen LogP contribution in [0.4, 0.5) is 4.79 Å². The van der Waals surface area contributed by atoms with Crippen molar-refractivity contribution in [3.8, 4) is 0 Å². The van der Waals surface area contributed by atoms with Crippen LogP contribution in [0.3, 0.4) is 0 Å². The Morgan fingerprint density at radius 1 is 1.19 bits per heavy atom. The molecule has 2 N–H and O–H groups in total. The number of rotatable bonds is 5. The van der Waals surface area contributed by atoms with Crippen molar-refractivity contribution in [1.29, 1.82) is 0 Å². The summed E-state index contributed by atoms with van der Waals surface area (Å²) in [6.07, 6.45) is 4.72. The van der Waals surface area contributed by atoms with Crippen LogP contribution in [0.2, 0.25) is 0 Å². The molecular weight excluding hydrogens is 270 g/mol. The summed E-state index contributed by atoms with van der Waals surface area (Å²) in [5, 5.41) is 11.5. The van der Waals surface area contributed by atoms with Crippen molar-refractivity contribution in [2.24, 2.45) is 5.92 Å². The lowest BCUT2D eigenvalue weighted by Crippen LogP contribution is -2.48. The van der Waals surface area contributed by atoms with Gasteiger partial charge in [-0.05, 0) is 51.6 Å². The molecule has 1 unspecified atom stereocenters. The molecule has 0 aromatic heterocycles. The molecular formula is C15H27N3O3. The topological polar surface area (TPSA) is 72.9 Å². The van der Waals surface area contributed by atoms with Crippen LogP contribution in [0, 0.1) is 5.92 Å². The zero-order valence-electron chi connectivity index (χ0n) is 12.9. The van der Waals surface area contributed by atoms with Crippen LogP contribution >= 0.6 is 0 Å². The molecule has 0 radical (unpaired) electrons. The van der Waals surface area contributed by atoms with Gasteiger partial charge in [-0.2, -0.15) is 0 Å². The van der Waals surface area contributed by atoms with Crippen molar-refractivity contribution in [3.63, 3.8) is 0 Å². The smallest absolute Gasteiger partial charge is 0.317 e. The SMILES string of the molecule is CC(CC(=O)O)NC(=O)N1CCC(CN2CCCC2)CC1. The maximum absolute atomic E-state index is 12.1. The molecule has 120 valence electrons. The van der Waals surface area contributed by atoms with Gasteiger partial charge in [0.05, 0.1) is 6.42 Å². The maximum Gasteiger partial charge on any atom is 0.317 e. The summed E-state index contributed by atoms with van der Waals surface area (Å²) < 4.78 is 0. The Balaban J connectivity index is 1.67. The quantitative estimate of drug-likeness (QED) is 0.804. The molecule has 2 heterocycles. The lowest BCUT2D eigenvalue weighted by atomic mass is 9.96. The number of likely N-dealkylation sites (tertiary alicyclic amines) is 2. The van der Waals surface area contributed by atoms with Gasteiger partial charge in [-0.25, -0.2) is 4.79 Å². The molecule has 6 nitrogen and oxygen atoms in total. The van der Waals surface area contributed by atoms with Crippen molar-refractivity contribution in [2.75, 3.05) is 32.7 Å². The molecule has 2 aliphatic heterocycles. The van der Waals surface area contributed by atoms with E-state index in [2.05, 4.69) is 10.2 Å². The number of carbonyl (C=O) groups is 2. The Kier molecular flexibility index (Phi) is 5.85. The fourth-order valence-electron chi connectivity index (χ4n) is 3.26. The Morgan fingerprint density at radius 2 is 1.81 bits per heavy atom. The highest BCUT2D eigenvalue weighted by molar-refractivity contribution is 5.75. The molecule has 0 saturated carbocycles. The zero-order valence-corrected chi connectivity index (χ0v) is 12.9. The van der Waals surface area contributed by atoms with E-state index in [0.29, 0.717) is 5.92 Å². The minimum Gasteiger partial charge on any atom is -0.481 e. The number of hydrogen-bond acceptors (Lipinski definition) is 3. The van der Waals surface area contributed by atoms with Crippen LogP contribution in [-0.2, 0) is 4.79 Å². The molecule has 1 atom stereocenters. The Hall–Kier alpha value is -1.30. The fourth-order valence-corrected chi connectivity index (χ4v) is 3.26. The summed E-state index contributed by atoms with van der Waals surface area (Å²) in [5.74, 6) is -0.185. The molecule has 21 heavy (non-hydrogen) atoms. The summed E-state index contributed by atoms with van der Waals surface area (Å²) in [4.78, 5) is 27.0. The van der Waals surface area contributed by atoms with Gasteiger partial charge in [-0.15, -0.1) is 0 Å². The van der Waals surface area contributed by atoms with Gasteiger partial charge in [-0.3, -0.25) is 4.79 Å². The van der Waals surface area contributed by atoms with Gasteiger partial charge >= 0.3 is 12.0 Å². The van der Waals surface area contributed by atoms with Crippen LogP contribution in [0.25, 0.3) is 0 Å². The third-order valence-corrected chi connectivity index (χ3v) is 4.47. The van der Waals surface area contributed by atoms with Gasteiger partial charge in [0.1, 0.15) is 0 Å². The molecule has 0 aliphatic carbocycles. The van der Waals surface area contributed by atoms with Crippen LogP contribution < -0.4 is 5.32 Å². The highest BCUT2D eigenvalue weighted by Crippen LogP contribution is 2.20. The monoisotopic (exact) mass is 297 g/mol. The van der Waals surface area contributed by atoms with Gasteiger partial charge in [0, 0.05) is 25.7 Å². The van der Waals surface area contributed by atoms with Crippen molar-refractivity contribution in [3.05, 3.63) is 0 Å². The number of aliphatic carboxylic acids is 1. The molecule has 2 aliphatic rings. The largest absolute Gasteiger partial charge is 0.481 e. The summed E-state index contributed by atoms with van der Waals surface area (Å²) in [6.45, 7) is 6.92. The first-order valence-electron chi connectivity index (χ1n) is 8.04. The van der Waals surface area contributed by atoms with E-state index in [0.717, 1.165) is 25.9 Å². The number of carboxylic acids is 1. The first kappa shape index (κ1) is 16.1. The first-order valence-corrected chi connectivity index (χ1v) is 8.04. The van der Waals surface area contributed by atoms with Gasteiger partial charge in [0.15, 0.2) is 0 Å². The summed E-state index contributed by atoms with van der Waals surface area (Å²) in [7, 11) is 0. The van der Waals surface area contributed by atoms with Gasteiger partial charge in [0.2, 0.25) is 0 Å². The lowest BCUT2D eigenvalue weighted by Gasteiger charge is -2.34. The van der Waals surface area contributed by atoms with Crippen molar-refractivity contribution >= 4 is 12.0 Å². The molecule has 0 aromatic rings.